The molecule has 0 heterocycles. The highest BCUT2D eigenvalue weighted by Crippen LogP contribution is 2.27. The first-order valence-electron chi connectivity index (χ1n) is 6.33. The Kier molecular flexibility index (Phi) is 4.15. The lowest BCUT2D eigenvalue weighted by molar-refractivity contribution is -0.384. The standard InChI is InChI=1S/C13H18N2O3/c1-2-14-13-7-6-11(15(16)17)8-10(13)9-18-12-4-3-5-12/h6-8,12,14H,2-5,9H2,1H3. The van der Waals surface area contributed by atoms with Crippen LogP contribution in [0.15, 0.2) is 18.2 Å². The highest BCUT2D eigenvalue weighted by Gasteiger charge is 2.19. The number of benzene rings is 1. The second kappa shape index (κ2) is 5.82. The number of hydrogen-bond donors (Lipinski definition) is 1. The first-order valence-corrected chi connectivity index (χ1v) is 6.33. The third kappa shape index (κ3) is 2.98. The van der Waals surface area contributed by atoms with Crippen molar-refractivity contribution in [1.82, 2.24) is 0 Å². The van der Waals surface area contributed by atoms with Gasteiger partial charge in [-0.25, -0.2) is 0 Å². The zero-order chi connectivity index (χ0) is 13.0. The first kappa shape index (κ1) is 12.8. The lowest BCUT2D eigenvalue weighted by atomic mass is 9.96. The maximum absolute atomic E-state index is 10.8. The molecule has 0 radical (unpaired) electrons. The smallest absolute Gasteiger partial charge is 0.269 e. The van der Waals surface area contributed by atoms with E-state index in [0.29, 0.717) is 12.7 Å². The van der Waals surface area contributed by atoms with Crippen molar-refractivity contribution in [2.24, 2.45) is 0 Å². The summed E-state index contributed by atoms with van der Waals surface area (Å²) in [5.74, 6) is 0. The number of nitro groups is 1. The monoisotopic (exact) mass is 250 g/mol. The Labute approximate surface area is 106 Å². The van der Waals surface area contributed by atoms with Crippen LogP contribution in [0.5, 0.6) is 0 Å². The van der Waals surface area contributed by atoms with Crippen LogP contribution in [0, 0.1) is 10.1 Å². The van der Waals surface area contributed by atoms with Gasteiger partial charge in [0, 0.05) is 29.9 Å². The van der Waals surface area contributed by atoms with Gasteiger partial charge in [-0.15, -0.1) is 0 Å². The summed E-state index contributed by atoms with van der Waals surface area (Å²) < 4.78 is 5.72. The van der Waals surface area contributed by atoms with Gasteiger partial charge in [0.15, 0.2) is 0 Å². The molecule has 1 aliphatic carbocycles. The Morgan fingerprint density at radius 3 is 2.83 bits per heavy atom. The molecule has 5 nitrogen and oxygen atoms in total. The fraction of sp³-hybridized carbons (Fsp3) is 0.538. The summed E-state index contributed by atoms with van der Waals surface area (Å²) in [6.45, 7) is 3.22. The van der Waals surface area contributed by atoms with Gasteiger partial charge in [-0.1, -0.05) is 0 Å². The fourth-order valence-corrected chi connectivity index (χ4v) is 1.92. The molecular weight excluding hydrogens is 232 g/mol. The van der Waals surface area contributed by atoms with Crippen LogP contribution in [-0.4, -0.2) is 17.6 Å². The van der Waals surface area contributed by atoms with E-state index in [1.54, 1.807) is 12.1 Å². The van der Waals surface area contributed by atoms with Crippen molar-refractivity contribution in [2.75, 3.05) is 11.9 Å². The van der Waals surface area contributed by atoms with Gasteiger partial charge in [0.2, 0.25) is 0 Å². The van der Waals surface area contributed by atoms with Gasteiger partial charge in [-0.3, -0.25) is 10.1 Å². The van der Waals surface area contributed by atoms with Crippen LogP contribution >= 0.6 is 0 Å². The summed E-state index contributed by atoms with van der Waals surface area (Å²) in [5, 5.41) is 14.0. The lowest BCUT2D eigenvalue weighted by Gasteiger charge is -2.26. The molecule has 98 valence electrons. The average Bonchev–Trinajstić information content (AvgIpc) is 2.29. The molecule has 18 heavy (non-hydrogen) atoms. The van der Waals surface area contributed by atoms with E-state index >= 15 is 0 Å². The van der Waals surface area contributed by atoms with E-state index in [0.717, 1.165) is 30.6 Å². The molecule has 5 heteroatoms. The first-order chi connectivity index (χ1) is 8.70. The normalized spacial score (nSPS) is 15.2. The summed E-state index contributed by atoms with van der Waals surface area (Å²) in [5.41, 5.74) is 1.89. The van der Waals surface area contributed by atoms with Crippen LogP contribution in [-0.2, 0) is 11.3 Å². The molecule has 0 amide bonds. The van der Waals surface area contributed by atoms with Crippen LogP contribution in [0.25, 0.3) is 0 Å². The van der Waals surface area contributed by atoms with E-state index in [1.165, 1.54) is 12.5 Å². The molecule has 0 atom stereocenters. The van der Waals surface area contributed by atoms with Gasteiger partial charge in [-0.05, 0) is 32.3 Å². The van der Waals surface area contributed by atoms with E-state index in [2.05, 4.69) is 5.32 Å². The predicted octanol–water partition coefficient (Wildman–Crippen LogP) is 3.10. The van der Waals surface area contributed by atoms with E-state index in [1.807, 2.05) is 6.92 Å². The number of ether oxygens (including phenoxy) is 1. The summed E-state index contributed by atoms with van der Waals surface area (Å²) in [6, 6.07) is 4.86. The molecular formula is C13H18N2O3. The minimum absolute atomic E-state index is 0.115. The molecule has 1 fully saturated rings. The van der Waals surface area contributed by atoms with Crippen LogP contribution in [0.3, 0.4) is 0 Å². The second-order valence-corrected chi connectivity index (χ2v) is 4.49. The maximum Gasteiger partial charge on any atom is 0.269 e. The van der Waals surface area contributed by atoms with Gasteiger partial charge in [0.25, 0.3) is 5.69 Å². The molecule has 0 spiro atoms. The maximum atomic E-state index is 10.8. The molecule has 1 aliphatic rings. The van der Waals surface area contributed by atoms with Crippen molar-refractivity contribution in [2.45, 2.75) is 38.9 Å². The molecule has 2 rings (SSSR count). The van der Waals surface area contributed by atoms with Crippen molar-refractivity contribution < 1.29 is 9.66 Å². The van der Waals surface area contributed by atoms with Gasteiger partial charge >= 0.3 is 0 Å². The van der Waals surface area contributed by atoms with E-state index < -0.39 is 0 Å². The number of non-ortho nitro benzene ring substituents is 1. The van der Waals surface area contributed by atoms with Crippen molar-refractivity contribution in [3.63, 3.8) is 0 Å². The average molecular weight is 250 g/mol. The third-order valence-electron chi connectivity index (χ3n) is 3.19. The second-order valence-electron chi connectivity index (χ2n) is 4.49. The van der Waals surface area contributed by atoms with E-state index in [-0.39, 0.29) is 10.6 Å². The Bertz CT molecular complexity index is 430. The van der Waals surface area contributed by atoms with Gasteiger partial charge in [-0.2, -0.15) is 0 Å². The number of nitrogens with one attached hydrogen (secondary N) is 1. The molecule has 1 aromatic carbocycles. The van der Waals surface area contributed by atoms with Gasteiger partial charge in [0.05, 0.1) is 17.6 Å². The molecule has 1 N–H and O–H groups in total. The quantitative estimate of drug-likeness (QED) is 0.622. The zero-order valence-electron chi connectivity index (χ0n) is 10.5. The van der Waals surface area contributed by atoms with E-state index in [9.17, 15) is 10.1 Å². The van der Waals surface area contributed by atoms with Crippen LogP contribution < -0.4 is 5.32 Å². The Balaban J connectivity index is 2.10. The highest BCUT2D eigenvalue weighted by molar-refractivity contribution is 5.55. The topological polar surface area (TPSA) is 64.4 Å². The summed E-state index contributed by atoms with van der Waals surface area (Å²) in [4.78, 5) is 10.4. The molecule has 1 saturated carbocycles. The minimum atomic E-state index is -0.372. The molecule has 0 aliphatic heterocycles. The fourth-order valence-electron chi connectivity index (χ4n) is 1.92. The molecule has 0 bridgehead atoms. The SMILES string of the molecule is CCNc1ccc([N+](=O)[O-])cc1COC1CCC1. The van der Waals surface area contributed by atoms with Crippen LogP contribution in [0.2, 0.25) is 0 Å². The molecule has 0 saturated heterocycles. The third-order valence-corrected chi connectivity index (χ3v) is 3.19. The molecule has 0 aromatic heterocycles. The number of nitro benzene ring substituents is 1. The summed E-state index contributed by atoms with van der Waals surface area (Å²) >= 11 is 0. The Hall–Kier alpha value is -1.62. The zero-order valence-corrected chi connectivity index (χ0v) is 10.5. The van der Waals surface area contributed by atoms with Crippen molar-refractivity contribution >= 4 is 11.4 Å². The van der Waals surface area contributed by atoms with Gasteiger partial charge in [0.1, 0.15) is 0 Å². The highest BCUT2D eigenvalue weighted by atomic mass is 16.6. The number of anilines is 1. The molecule has 0 unspecified atom stereocenters. The lowest BCUT2D eigenvalue weighted by Crippen LogP contribution is -2.21. The van der Waals surface area contributed by atoms with Crippen molar-refractivity contribution in [3.05, 3.63) is 33.9 Å². The minimum Gasteiger partial charge on any atom is -0.385 e. The van der Waals surface area contributed by atoms with E-state index in [4.69, 9.17) is 4.74 Å². The summed E-state index contributed by atoms with van der Waals surface area (Å²) in [7, 11) is 0. The van der Waals surface area contributed by atoms with Crippen molar-refractivity contribution in [3.8, 4) is 0 Å². The summed E-state index contributed by atoms with van der Waals surface area (Å²) in [6.07, 6.45) is 3.76. The molecule has 1 aromatic rings. The predicted molar refractivity (Wildman–Crippen MR) is 69.7 cm³/mol. The van der Waals surface area contributed by atoms with Gasteiger partial charge < -0.3 is 10.1 Å². The van der Waals surface area contributed by atoms with Crippen LogP contribution in [0.1, 0.15) is 31.7 Å². The number of hydrogen-bond acceptors (Lipinski definition) is 4. The van der Waals surface area contributed by atoms with Crippen LogP contribution in [0.4, 0.5) is 11.4 Å². The largest absolute Gasteiger partial charge is 0.385 e. The Morgan fingerprint density at radius 2 is 2.28 bits per heavy atom. The number of rotatable bonds is 6. The number of nitrogens with zero attached hydrogens (tertiary/aromatic N) is 1. The Morgan fingerprint density at radius 1 is 1.50 bits per heavy atom. The van der Waals surface area contributed by atoms with Crippen molar-refractivity contribution in [1.29, 1.82) is 0 Å².